The second-order valence-electron chi connectivity index (χ2n) is 4.04. The molecule has 0 radical (unpaired) electrons. The minimum Gasteiger partial charge on any atom is -0.338 e. The highest BCUT2D eigenvalue weighted by atomic mass is 16.1. The molecule has 12 heavy (non-hydrogen) atoms. The molecule has 2 heterocycles. The van der Waals surface area contributed by atoms with Gasteiger partial charge >= 0.3 is 0 Å². The lowest BCUT2D eigenvalue weighted by Crippen LogP contribution is -2.58. The third-order valence-corrected chi connectivity index (χ3v) is 2.97. The van der Waals surface area contributed by atoms with Crippen LogP contribution in [0.15, 0.2) is 0 Å². The van der Waals surface area contributed by atoms with Crippen molar-refractivity contribution >= 4 is 5.91 Å². The Morgan fingerprint density at radius 1 is 1.50 bits per heavy atom. The van der Waals surface area contributed by atoms with Gasteiger partial charge in [-0.2, -0.15) is 0 Å². The Labute approximate surface area is 72.9 Å². The molecule has 3 heteroatoms. The molecule has 3 nitrogen and oxygen atoms in total. The minimum absolute atomic E-state index is 0.0330. The van der Waals surface area contributed by atoms with E-state index < -0.39 is 0 Å². The summed E-state index contributed by atoms with van der Waals surface area (Å²) in [4.78, 5) is 10.9. The molecular formula is C9H16N2O. The fourth-order valence-electron chi connectivity index (χ4n) is 2.52. The van der Waals surface area contributed by atoms with Gasteiger partial charge in [-0.05, 0) is 32.1 Å². The molecule has 2 N–H and O–H groups in total. The lowest BCUT2D eigenvalue weighted by Gasteiger charge is -2.35. The predicted molar refractivity (Wildman–Crippen MR) is 46.6 cm³/mol. The first-order chi connectivity index (χ1) is 5.70. The van der Waals surface area contributed by atoms with Crippen molar-refractivity contribution in [1.29, 1.82) is 0 Å². The Morgan fingerprint density at radius 2 is 2.33 bits per heavy atom. The second kappa shape index (κ2) is 2.73. The quantitative estimate of drug-likeness (QED) is 0.606. The SMILES string of the molecule is CC(=O)NC12CCCC(CC1)N2. The van der Waals surface area contributed by atoms with Crippen LogP contribution in [-0.4, -0.2) is 17.6 Å². The Kier molecular flexibility index (Phi) is 1.83. The number of nitrogens with one attached hydrogen (secondary N) is 2. The van der Waals surface area contributed by atoms with Gasteiger partial charge in [0.05, 0.1) is 5.66 Å². The Morgan fingerprint density at radius 3 is 3.08 bits per heavy atom. The van der Waals surface area contributed by atoms with Crippen molar-refractivity contribution in [2.75, 3.05) is 0 Å². The van der Waals surface area contributed by atoms with Gasteiger partial charge in [0.25, 0.3) is 0 Å². The summed E-state index contributed by atoms with van der Waals surface area (Å²) in [6, 6.07) is 0.658. The van der Waals surface area contributed by atoms with Crippen molar-refractivity contribution < 1.29 is 4.79 Å². The Bertz CT molecular complexity index is 201. The van der Waals surface area contributed by atoms with Gasteiger partial charge in [0.1, 0.15) is 0 Å². The van der Waals surface area contributed by atoms with Crippen molar-refractivity contribution in [3.05, 3.63) is 0 Å². The molecule has 2 unspecified atom stereocenters. The summed E-state index contributed by atoms with van der Waals surface area (Å²) < 4.78 is 0. The summed E-state index contributed by atoms with van der Waals surface area (Å²) >= 11 is 0. The molecule has 0 saturated carbocycles. The number of hydrogen-bond acceptors (Lipinski definition) is 2. The number of amides is 1. The molecular weight excluding hydrogens is 152 g/mol. The van der Waals surface area contributed by atoms with Gasteiger partial charge in [0.2, 0.25) is 5.91 Å². The highest BCUT2D eigenvalue weighted by Gasteiger charge is 2.41. The van der Waals surface area contributed by atoms with Crippen LogP contribution in [0, 0.1) is 0 Å². The van der Waals surface area contributed by atoms with Crippen LogP contribution in [0.4, 0.5) is 0 Å². The van der Waals surface area contributed by atoms with E-state index in [1.807, 2.05) is 0 Å². The molecule has 2 saturated heterocycles. The van der Waals surface area contributed by atoms with E-state index in [1.165, 1.54) is 19.3 Å². The van der Waals surface area contributed by atoms with Crippen LogP contribution in [0.5, 0.6) is 0 Å². The molecule has 0 aromatic heterocycles. The van der Waals surface area contributed by atoms with Gasteiger partial charge in [-0.25, -0.2) is 0 Å². The predicted octanol–water partition coefficient (Wildman–Crippen LogP) is 0.755. The molecule has 0 aromatic carbocycles. The molecule has 1 amide bonds. The first kappa shape index (κ1) is 8.05. The lowest BCUT2D eigenvalue weighted by atomic mass is 10.00. The van der Waals surface area contributed by atoms with E-state index in [0.29, 0.717) is 6.04 Å². The van der Waals surface area contributed by atoms with Crippen LogP contribution in [0.2, 0.25) is 0 Å². The highest BCUT2D eigenvalue weighted by molar-refractivity contribution is 5.73. The molecule has 2 aliphatic heterocycles. The fraction of sp³-hybridized carbons (Fsp3) is 0.889. The van der Waals surface area contributed by atoms with E-state index in [2.05, 4.69) is 10.6 Å². The maximum Gasteiger partial charge on any atom is 0.218 e. The van der Waals surface area contributed by atoms with Crippen LogP contribution in [-0.2, 0) is 4.79 Å². The zero-order chi connectivity index (χ0) is 8.60. The first-order valence-electron chi connectivity index (χ1n) is 4.77. The molecule has 2 bridgehead atoms. The molecule has 68 valence electrons. The normalized spacial score (nSPS) is 39.6. The summed E-state index contributed by atoms with van der Waals surface area (Å²) in [5.41, 5.74) is -0.0330. The van der Waals surface area contributed by atoms with E-state index in [0.717, 1.165) is 12.8 Å². The topological polar surface area (TPSA) is 41.1 Å². The van der Waals surface area contributed by atoms with Crippen LogP contribution in [0.3, 0.4) is 0 Å². The third-order valence-electron chi connectivity index (χ3n) is 2.97. The molecule has 2 aliphatic rings. The zero-order valence-corrected chi connectivity index (χ0v) is 7.52. The molecule has 0 aliphatic carbocycles. The van der Waals surface area contributed by atoms with Crippen molar-refractivity contribution in [1.82, 2.24) is 10.6 Å². The second-order valence-corrected chi connectivity index (χ2v) is 4.04. The highest BCUT2D eigenvalue weighted by Crippen LogP contribution is 2.33. The molecule has 2 rings (SSSR count). The summed E-state index contributed by atoms with van der Waals surface area (Å²) in [7, 11) is 0. The Balaban J connectivity index is 2.05. The van der Waals surface area contributed by atoms with Crippen LogP contribution >= 0.6 is 0 Å². The monoisotopic (exact) mass is 168 g/mol. The molecule has 0 spiro atoms. The maximum absolute atomic E-state index is 10.9. The van der Waals surface area contributed by atoms with Gasteiger partial charge in [0, 0.05) is 13.0 Å². The van der Waals surface area contributed by atoms with Gasteiger partial charge < -0.3 is 5.32 Å². The fourth-order valence-corrected chi connectivity index (χ4v) is 2.52. The van der Waals surface area contributed by atoms with E-state index >= 15 is 0 Å². The number of hydrogen-bond donors (Lipinski definition) is 2. The number of piperidine rings is 1. The van der Waals surface area contributed by atoms with Crippen molar-refractivity contribution in [2.45, 2.75) is 50.7 Å². The first-order valence-corrected chi connectivity index (χ1v) is 4.77. The lowest BCUT2D eigenvalue weighted by molar-refractivity contribution is -0.121. The number of fused-ring (bicyclic) bond motifs is 2. The average Bonchev–Trinajstić information content (AvgIpc) is 2.25. The van der Waals surface area contributed by atoms with E-state index in [9.17, 15) is 4.79 Å². The number of rotatable bonds is 1. The largest absolute Gasteiger partial charge is 0.338 e. The molecule has 2 atom stereocenters. The van der Waals surface area contributed by atoms with E-state index in [1.54, 1.807) is 6.92 Å². The number of carbonyl (C=O) groups is 1. The summed E-state index contributed by atoms with van der Waals surface area (Å²) in [6.07, 6.45) is 5.96. The third kappa shape index (κ3) is 1.33. The van der Waals surface area contributed by atoms with Crippen molar-refractivity contribution in [2.24, 2.45) is 0 Å². The Hall–Kier alpha value is -0.570. The average molecular weight is 168 g/mol. The maximum atomic E-state index is 10.9. The van der Waals surface area contributed by atoms with Gasteiger partial charge in [-0.3, -0.25) is 10.1 Å². The summed E-state index contributed by atoms with van der Waals surface area (Å²) in [6.45, 7) is 1.60. The van der Waals surface area contributed by atoms with Crippen molar-refractivity contribution in [3.8, 4) is 0 Å². The smallest absolute Gasteiger partial charge is 0.218 e. The van der Waals surface area contributed by atoms with Gasteiger partial charge in [-0.15, -0.1) is 0 Å². The molecule has 2 fully saturated rings. The number of carbonyl (C=O) groups excluding carboxylic acids is 1. The van der Waals surface area contributed by atoms with E-state index in [4.69, 9.17) is 0 Å². The van der Waals surface area contributed by atoms with Crippen LogP contribution in [0.1, 0.15) is 39.0 Å². The minimum atomic E-state index is -0.0330. The van der Waals surface area contributed by atoms with Gasteiger partial charge in [-0.1, -0.05) is 0 Å². The molecule has 0 aromatic rings. The van der Waals surface area contributed by atoms with Crippen LogP contribution in [0.25, 0.3) is 0 Å². The van der Waals surface area contributed by atoms with Gasteiger partial charge in [0.15, 0.2) is 0 Å². The van der Waals surface area contributed by atoms with E-state index in [-0.39, 0.29) is 11.6 Å². The summed E-state index contributed by atoms with van der Waals surface area (Å²) in [5.74, 6) is 0.0880. The standard InChI is InChI=1S/C9H16N2O/c1-7(12)10-9-5-2-3-8(11-9)4-6-9/h8,11H,2-6H2,1H3,(H,10,12). The zero-order valence-electron chi connectivity index (χ0n) is 7.52. The van der Waals surface area contributed by atoms with Crippen LogP contribution < -0.4 is 10.6 Å². The van der Waals surface area contributed by atoms with Crippen molar-refractivity contribution in [3.63, 3.8) is 0 Å². The summed E-state index contributed by atoms with van der Waals surface area (Å²) in [5, 5.41) is 6.54.